The van der Waals surface area contributed by atoms with Gasteiger partial charge in [0.1, 0.15) is 17.2 Å². The first-order valence-electron chi connectivity index (χ1n) is 11.1. The van der Waals surface area contributed by atoms with Gasteiger partial charge in [0.05, 0.1) is 11.9 Å². The summed E-state index contributed by atoms with van der Waals surface area (Å²) in [5.74, 6) is 0.454. The number of aromatic nitrogens is 2. The fourth-order valence-corrected chi connectivity index (χ4v) is 5.46. The molecule has 0 fully saturated rings. The van der Waals surface area contributed by atoms with Gasteiger partial charge in [-0.25, -0.2) is 4.98 Å². The van der Waals surface area contributed by atoms with Crippen molar-refractivity contribution in [1.82, 2.24) is 14.5 Å². The van der Waals surface area contributed by atoms with Crippen LogP contribution in [0.15, 0.2) is 29.1 Å². The first-order valence-corrected chi connectivity index (χ1v) is 11.9. The van der Waals surface area contributed by atoms with E-state index in [1.807, 2.05) is 31.2 Å². The molecule has 0 saturated carbocycles. The maximum Gasteiger partial charge on any atom is 0.263 e. The van der Waals surface area contributed by atoms with E-state index in [0.717, 1.165) is 59.4 Å². The van der Waals surface area contributed by atoms with Gasteiger partial charge in [0, 0.05) is 10.6 Å². The molecule has 0 unspecified atom stereocenters. The Bertz CT molecular complexity index is 1140. The monoisotopic (exact) mass is 438 g/mol. The quantitative estimate of drug-likeness (QED) is 0.602. The molecule has 2 aromatic heterocycles. The average molecular weight is 439 g/mol. The van der Waals surface area contributed by atoms with E-state index in [0.29, 0.717) is 12.4 Å². The number of nitrogens with one attached hydrogen (secondary N) is 1. The summed E-state index contributed by atoms with van der Waals surface area (Å²) in [5.41, 5.74) is 2.94. The number of aryl methyl sites for hydroxylation is 3. The molecule has 0 spiro atoms. The van der Waals surface area contributed by atoms with Gasteiger partial charge >= 0.3 is 0 Å². The van der Waals surface area contributed by atoms with Crippen LogP contribution >= 0.6 is 11.3 Å². The number of thiophene rings is 1. The highest BCUT2D eigenvalue weighted by atomic mass is 32.1. The second-order valence-corrected chi connectivity index (χ2v) is 9.27. The van der Waals surface area contributed by atoms with Crippen molar-refractivity contribution >= 4 is 33.1 Å². The molecule has 1 aliphatic carbocycles. The third-order valence-corrected chi connectivity index (χ3v) is 7.24. The van der Waals surface area contributed by atoms with E-state index in [2.05, 4.69) is 24.1 Å². The van der Waals surface area contributed by atoms with Gasteiger partial charge < -0.3 is 5.32 Å². The lowest BCUT2D eigenvalue weighted by Gasteiger charge is -2.20. The number of amides is 1. The molecule has 0 atom stereocenters. The van der Waals surface area contributed by atoms with E-state index in [-0.39, 0.29) is 18.0 Å². The van der Waals surface area contributed by atoms with E-state index in [1.165, 1.54) is 11.3 Å². The number of carbonyl (C=O) groups excluding carboxylic acids is 1. The minimum absolute atomic E-state index is 0.0309. The molecule has 2 heterocycles. The maximum atomic E-state index is 13.6. The summed E-state index contributed by atoms with van der Waals surface area (Å²) in [6, 6.07) is 7.67. The Morgan fingerprint density at radius 2 is 1.87 bits per heavy atom. The summed E-state index contributed by atoms with van der Waals surface area (Å²) in [6.45, 7) is 8.45. The summed E-state index contributed by atoms with van der Waals surface area (Å²) >= 11 is 1.66. The number of hydrogen-bond acceptors (Lipinski definition) is 5. The molecular weight excluding hydrogens is 408 g/mol. The second-order valence-electron chi connectivity index (χ2n) is 8.19. The predicted octanol–water partition coefficient (Wildman–Crippen LogP) is 4.13. The van der Waals surface area contributed by atoms with E-state index < -0.39 is 0 Å². The van der Waals surface area contributed by atoms with Crippen LogP contribution in [0.3, 0.4) is 0 Å². The van der Waals surface area contributed by atoms with Crippen molar-refractivity contribution in [2.45, 2.75) is 59.5 Å². The molecule has 0 aliphatic heterocycles. The average Bonchev–Trinajstić information content (AvgIpc) is 3.14. The highest BCUT2D eigenvalue weighted by Crippen LogP contribution is 2.33. The highest BCUT2D eigenvalue weighted by molar-refractivity contribution is 7.18. The van der Waals surface area contributed by atoms with Crippen molar-refractivity contribution in [2.24, 2.45) is 0 Å². The molecule has 0 radical (unpaired) electrons. The Morgan fingerprint density at radius 3 is 2.58 bits per heavy atom. The predicted molar refractivity (Wildman–Crippen MR) is 127 cm³/mol. The van der Waals surface area contributed by atoms with Gasteiger partial charge in [-0.05, 0) is 63.4 Å². The van der Waals surface area contributed by atoms with Gasteiger partial charge in [-0.1, -0.05) is 31.5 Å². The molecule has 0 bridgehead atoms. The summed E-state index contributed by atoms with van der Waals surface area (Å²) in [4.78, 5) is 35.7. The van der Waals surface area contributed by atoms with Crippen LogP contribution in [0, 0.1) is 6.92 Å². The van der Waals surface area contributed by atoms with Gasteiger partial charge in [-0.15, -0.1) is 11.3 Å². The van der Waals surface area contributed by atoms with Crippen molar-refractivity contribution in [3.8, 4) is 0 Å². The Balaban J connectivity index is 1.73. The summed E-state index contributed by atoms with van der Waals surface area (Å²) in [5, 5.41) is 3.65. The SMILES string of the molecule is CCN(CC)Cc1nc2sc3c(c2c(=O)n1CC(=O)Nc1ccc(C)cc1)CCCC3. The number of nitrogens with zero attached hydrogens (tertiary/aromatic N) is 3. The fraction of sp³-hybridized carbons (Fsp3) is 0.458. The Kier molecular flexibility index (Phi) is 6.53. The molecule has 0 saturated heterocycles. The summed E-state index contributed by atoms with van der Waals surface area (Å²) in [7, 11) is 0. The second kappa shape index (κ2) is 9.32. The van der Waals surface area contributed by atoms with Crippen LogP contribution in [0.25, 0.3) is 10.2 Å². The molecule has 7 heteroatoms. The summed E-state index contributed by atoms with van der Waals surface area (Å²) < 4.78 is 1.59. The molecule has 1 aromatic carbocycles. The first kappa shape index (κ1) is 21.7. The molecule has 1 aliphatic rings. The van der Waals surface area contributed by atoms with Crippen LogP contribution in [0.1, 0.15) is 48.5 Å². The summed E-state index contributed by atoms with van der Waals surface area (Å²) in [6.07, 6.45) is 4.22. The molecule has 1 N–H and O–H groups in total. The lowest BCUT2D eigenvalue weighted by Crippen LogP contribution is -2.34. The maximum absolute atomic E-state index is 13.6. The van der Waals surface area contributed by atoms with Gasteiger partial charge in [0.15, 0.2) is 0 Å². The third kappa shape index (κ3) is 4.57. The van der Waals surface area contributed by atoms with Gasteiger partial charge in [0.25, 0.3) is 5.56 Å². The number of hydrogen-bond donors (Lipinski definition) is 1. The number of anilines is 1. The highest BCUT2D eigenvalue weighted by Gasteiger charge is 2.23. The first-order chi connectivity index (χ1) is 15.0. The van der Waals surface area contributed by atoms with E-state index in [4.69, 9.17) is 4.98 Å². The van der Waals surface area contributed by atoms with Crippen LogP contribution in [-0.4, -0.2) is 33.4 Å². The molecule has 6 nitrogen and oxygen atoms in total. The standard InChI is InChI=1S/C24H30N4O2S/c1-4-27(5-2)14-20-26-23-22(18-8-6-7-9-19(18)31-23)24(30)28(20)15-21(29)25-17-12-10-16(3)11-13-17/h10-13H,4-9,14-15H2,1-3H3,(H,25,29). The van der Waals surface area contributed by atoms with E-state index >= 15 is 0 Å². The zero-order chi connectivity index (χ0) is 22.0. The molecule has 1 amide bonds. The van der Waals surface area contributed by atoms with Crippen LogP contribution in [-0.2, 0) is 30.7 Å². The van der Waals surface area contributed by atoms with Gasteiger partial charge in [0.2, 0.25) is 5.91 Å². The van der Waals surface area contributed by atoms with Crippen LogP contribution in [0.4, 0.5) is 5.69 Å². The normalized spacial score (nSPS) is 13.5. The van der Waals surface area contributed by atoms with Gasteiger partial charge in [-0.2, -0.15) is 0 Å². The number of fused-ring (bicyclic) bond motifs is 3. The van der Waals surface area contributed by atoms with Crippen molar-refractivity contribution in [2.75, 3.05) is 18.4 Å². The zero-order valence-corrected chi connectivity index (χ0v) is 19.3. The molecule has 4 rings (SSSR count). The number of carbonyl (C=O) groups is 1. The van der Waals surface area contributed by atoms with E-state index in [9.17, 15) is 9.59 Å². The van der Waals surface area contributed by atoms with E-state index in [1.54, 1.807) is 15.9 Å². The van der Waals surface area contributed by atoms with Crippen molar-refractivity contribution in [1.29, 1.82) is 0 Å². The van der Waals surface area contributed by atoms with Crippen LogP contribution in [0.5, 0.6) is 0 Å². The number of benzene rings is 1. The zero-order valence-electron chi connectivity index (χ0n) is 18.5. The minimum atomic E-state index is -0.211. The van der Waals surface area contributed by atoms with Crippen molar-refractivity contribution in [3.63, 3.8) is 0 Å². The Morgan fingerprint density at radius 1 is 1.16 bits per heavy atom. The third-order valence-electron chi connectivity index (χ3n) is 6.05. The lowest BCUT2D eigenvalue weighted by molar-refractivity contribution is -0.116. The Hall–Kier alpha value is -2.51. The number of rotatable bonds is 7. The molecule has 31 heavy (non-hydrogen) atoms. The van der Waals surface area contributed by atoms with Gasteiger partial charge in [-0.3, -0.25) is 19.1 Å². The van der Waals surface area contributed by atoms with Crippen molar-refractivity contribution < 1.29 is 4.79 Å². The Labute approximate surface area is 186 Å². The fourth-order valence-electron chi connectivity index (χ4n) is 4.19. The lowest BCUT2D eigenvalue weighted by atomic mass is 9.97. The molecular formula is C24H30N4O2S. The van der Waals surface area contributed by atoms with Crippen LogP contribution < -0.4 is 10.9 Å². The van der Waals surface area contributed by atoms with Crippen LogP contribution in [0.2, 0.25) is 0 Å². The molecule has 3 aromatic rings. The topological polar surface area (TPSA) is 67.2 Å². The smallest absolute Gasteiger partial charge is 0.263 e. The van der Waals surface area contributed by atoms with Crippen molar-refractivity contribution in [3.05, 3.63) is 56.4 Å². The minimum Gasteiger partial charge on any atom is -0.325 e. The largest absolute Gasteiger partial charge is 0.325 e. The molecule has 164 valence electrons.